The van der Waals surface area contributed by atoms with Crippen LogP contribution in [0.15, 0.2) is 42.5 Å². The lowest BCUT2D eigenvalue weighted by Gasteiger charge is -2.27. The van der Waals surface area contributed by atoms with Crippen LogP contribution in [0.5, 0.6) is 0 Å². The van der Waals surface area contributed by atoms with Gasteiger partial charge in [-0.05, 0) is 48.1 Å². The van der Waals surface area contributed by atoms with Gasteiger partial charge in [0.25, 0.3) is 0 Å². The lowest BCUT2D eigenvalue weighted by Crippen LogP contribution is -2.48. The fourth-order valence-corrected chi connectivity index (χ4v) is 5.55. The number of esters is 2. The van der Waals surface area contributed by atoms with Crippen molar-refractivity contribution in [2.24, 2.45) is 5.73 Å². The van der Waals surface area contributed by atoms with E-state index in [1.807, 2.05) is 38.1 Å². The molecule has 0 saturated heterocycles. The van der Waals surface area contributed by atoms with Gasteiger partial charge in [0, 0.05) is 32.1 Å². The van der Waals surface area contributed by atoms with Crippen LogP contribution >= 0.6 is 0 Å². The molecule has 0 aliphatic heterocycles. The Morgan fingerprint density at radius 1 is 1.00 bits per heavy atom. The fraction of sp³-hybridized carbons (Fsp3) is 0.500. The van der Waals surface area contributed by atoms with E-state index in [-0.39, 0.29) is 24.3 Å². The van der Waals surface area contributed by atoms with Crippen molar-refractivity contribution in [3.63, 3.8) is 0 Å². The monoisotopic (exact) mass is 568 g/mol. The second-order valence-electron chi connectivity index (χ2n) is 9.49. The summed E-state index contributed by atoms with van der Waals surface area (Å²) in [6, 6.07) is 9.98. The van der Waals surface area contributed by atoms with Crippen molar-refractivity contribution in [1.29, 1.82) is 0 Å². The maximum atomic E-state index is 13.7. The van der Waals surface area contributed by atoms with Crippen LogP contribution < -0.4 is 11.1 Å². The van der Waals surface area contributed by atoms with E-state index in [0.717, 1.165) is 42.7 Å². The molecule has 216 valence electrons. The normalized spacial score (nSPS) is 13.9. The van der Waals surface area contributed by atoms with Crippen molar-refractivity contribution < 1.29 is 36.3 Å². The van der Waals surface area contributed by atoms with Crippen molar-refractivity contribution in [3.05, 3.63) is 70.8 Å². The molecule has 39 heavy (non-hydrogen) atoms. The molecule has 0 radical (unpaired) electrons. The van der Waals surface area contributed by atoms with Gasteiger partial charge in [0.15, 0.2) is 9.84 Å². The van der Waals surface area contributed by atoms with Gasteiger partial charge in [-0.3, -0.25) is 4.79 Å². The van der Waals surface area contributed by atoms with Crippen LogP contribution in [0.1, 0.15) is 50.3 Å². The number of benzene rings is 2. The number of carbonyl (C=O) groups is 2. The molecule has 0 amide bonds. The number of nitrogens with two attached hydrogens (primary N) is 1. The van der Waals surface area contributed by atoms with Gasteiger partial charge in [-0.25, -0.2) is 22.0 Å². The summed E-state index contributed by atoms with van der Waals surface area (Å²) in [6.07, 6.45) is -0.854. The van der Waals surface area contributed by atoms with Crippen molar-refractivity contribution in [2.45, 2.75) is 71.2 Å². The van der Waals surface area contributed by atoms with E-state index in [4.69, 9.17) is 15.2 Å². The zero-order valence-electron chi connectivity index (χ0n) is 22.6. The lowest BCUT2D eigenvalue weighted by atomic mass is 10.0. The standard InChI is InChI=1S/C28H38F2N2O6S/c1-4-6-10-39(35,36)18-27(37-19(3)33)28(34)38-26(17-32-16-21-9-7-8-20(5-2)11-21)25(31)14-22-12-23(29)15-24(30)13-22/h7-9,11-13,15,25-27,32H,4-6,10,14,16-18,31H2,1-3H3/t25-,26+,27?/m0/s1. The van der Waals surface area contributed by atoms with Crippen molar-refractivity contribution in [1.82, 2.24) is 5.32 Å². The van der Waals surface area contributed by atoms with E-state index in [2.05, 4.69) is 5.32 Å². The molecule has 0 aromatic heterocycles. The lowest BCUT2D eigenvalue weighted by molar-refractivity contribution is -0.169. The third kappa shape index (κ3) is 11.8. The number of rotatable bonds is 16. The number of aryl methyl sites for hydroxylation is 1. The fourth-order valence-electron chi connectivity index (χ4n) is 3.98. The molecule has 1 unspecified atom stereocenters. The van der Waals surface area contributed by atoms with Gasteiger partial charge in [-0.1, -0.05) is 44.5 Å². The number of ether oxygens (including phenoxy) is 2. The summed E-state index contributed by atoms with van der Waals surface area (Å²) in [5.74, 6) is -4.34. The molecule has 0 spiro atoms. The van der Waals surface area contributed by atoms with Crippen molar-refractivity contribution in [2.75, 3.05) is 18.1 Å². The minimum Gasteiger partial charge on any atom is -0.457 e. The summed E-state index contributed by atoms with van der Waals surface area (Å²) >= 11 is 0. The molecule has 8 nitrogen and oxygen atoms in total. The number of hydrogen-bond donors (Lipinski definition) is 2. The molecule has 3 atom stereocenters. The average molecular weight is 569 g/mol. The molecule has 0 bridgehead atoms. The number of unbranched alkanes of at least 4 members (excludes halogenated alkanes) is 1. The van der Waals surface area contributed by atoms with Crippen LogP contribution in [0.25, 0.3) is 0 Å². The zero-order chi connectivity index (χ0) is 29.0. The van der Waals surface area contributed by atoms with Crippen LogP contribution in [-0.4, -0.2) is 56.7 Å². The second-order valence-corrected chi connectivity index (χ2v) is 11.7. The molecule has 0 saturated carbocycles. The Labute approximate surface area is 229 Å². The number of sulfone groups is 1. The summed E-state index contributed by atoms with van der Waals surface area (Å²) in [7, 11) is -3.72. The summed E-state index contributed by atoms with van der Waals surface area (Å²) in [5, 5.41) is 3.17. The highest BCUT2D eigenvalue weighted by Crippen LogP contribution is 2.14. The van der Waals surface area contributed by atoms with Crippen molar-refractivity contribution >= 4 is 21.8 Å². The van der Waals surface area contributed by atoms with E-state index in [9.17, 15) is 26.8 Å². The minimum atomic E-state index is -3.72. The summed E-state index contributed by atoms with van der Waals surface area (Å²) in [5.41, 5.74) is 8.72. The van der Waals surface area contributed by atoms with Gasteiger partial charge in [-0.15, -0.1) is 0 Å². The summed E-state index contributed by atoms with van der Waals surface area (Å²) in [4.78, 5) is 24.7. The second kappa shape index (κ2) is 15.6. The highest BCUT2D eigenvalue weighted by atomic mass is 32.2. The molecule has 0 fully saturated rings. The SMILES string of the molecule is CCCCS(=O)(=O)CC(OC(C)=O)C(=O)O[C@H](CNCc1cccc(CC)c1)[C@@H](N)Cc1cc(F)cc(F)c1. The third-order valence-corrected chi connectivity index (χ3v) is 7.72. The van der Waals surface area contributed by atoms with Gasteiger partial charge in [0.1, 0.15) is 17.7 Å². The first-order valence-electron chi connectivity index (χ1n) is 13.0. The van der Waals surface area contributed by atoms with Gasteiger partial charge in [0.05, 0.1) is 11.5 Å². The molecule has 0 aliphatic rings. The van der Waals surface area contributed by atoms with E-state index in [1.54, 1.807) is 0 Å². The third-order valence-electron chi connectivity index (χ3n) is 6.00. The van der Waals surface area contributed by atoms with Gasteiger partial charge < -0.3 is 20.5 Å². The maximum absolute atomic E-state index is 13.7. The average Bonchev–Trinajstić information content (AvgIpc) is 2.85. The van der Waals surface area contributed by atoms with E-state index < -0.39 is 57.4 Å². The molecular weight excluding hydrogens is 530 g/mol. The first-order valence-corrected chi connectivity index (χ1v) is 14.8. The highest BCUT2D eigenvalue weighted by molar-refractivity contribution is 7.91. The molecule has 11 heteroatoms. The smallest absolute Gasteiger partial charge is 0.348 e. The van der Waals surface area contributed by atoms with Crippen LogP contribution in [0, 0.1) is 11.6 Å². The largest absolute Gasteiger partial charge is 0.457 e. The molecule has 2 rings (SSSR count). The first kappa shape index (κ1) is 32.3. The van der Waals surface area contributed by atoms with Gasteiger partial charge in [0.2, 0.25) is 6.10 Å². The number of carbonyl (C=O) groups excluding carboxylic acids is 2. The van der Waals surface area contributed by atoms with Gasteiger partial charge >= 0.3 is 11.9 Å². The maximum Gasteiger partial charge on any atom is 0.348 e. The van der Waals surface area contributed by atoms with E-state index >= 15 is 0 Å². The molecule has 0 heterocycles. The summed E-state index contributed by atoms with van der Waals surface area (Å²) < 4.78 is 63.0. The van der Waals surface area contributed by atoms with Crippen LogP contribution in [-0.2, 0) is 48.3 Å². The molecule has 3 N–H and O–H groups in total. The minimum absolute atomic E-state index is 0.0351. The number of nitrogens with one attached hydrogen (secondary N) is 1. The topological polar surface area (TPSA) is 125 Å². The Kier molecular flexibility index (Phi) is 13.0. The predicted molar refractivity (Wildman–Crippen MR) is 145 cm³/mol. The van der Waals surface area contributed by atoms with Crippen LogP contribution in [0.3, 0.4) is 0 Å². The Morgan fingerprint density at radius 3 is 2.28 bits per heavy atom. The molecule has 2 aromatic rings. The molecule has 2 aromatic carbocycles. The van der Waals surface area contributed by atoms with Crippen LogP contribution in [0.2, 0.25) is 0 Å². The number of halogens is 2. The Hall–Kier alpha value is -2.89. The number of hydrogen-bond acceptors (Lipinski definition) is 8. The Bertz CT molecular complexity index is 1190. The quantitative estimate of drug-likeness (QED) is 0.296. The molecule has 0 aliphatic carbocycles. The molecular formula is C28H38F2N2O6S. The summed E-state index contributed by atoms with van der Waals surface area (Å²) in [6.45, 7) is 5.40. The highest BCUT2D eigenvalue weighted by Gasteiger charge is 2.33. The van der Waals surface area contributed by atoms with E-state index in [1.165, 1.54) is 0 Å². The van der Waals surface area contributed by atoms with Crippen LogP contribution in [0.4, 0.5) is 8.78 Å². The Morgan fingerprint density at radius 2 is 1.67 bits per heavy atom. The van der Waals surface area contributed by atoms with Gasteiger partial charge in [-0.2, -0.15) is 0 Å². The Balaban J connectivity index is 2.21. The van der Waals surface area contributed by atoms with Crippen molar-refractivity contribution in [3.8, 4) is 0 Å². The predicted octanol–water partition coefficient (Wildman–Crippen LogP) is 3.25. The van der Waals surface area contributed by atoms with E-state index in [0.29, 0.717) is 19.4 Å². The zero-order valence-corrected chi connectivity index (χ0v) is 23.4. The first-order chi connectivity index (χ1) is 18.4.